The molecule has 0 aromatic heterocycles. The molecule has 3 rings (SSSR count). The summed E-state index contributed by atoms with van der Waals surface area (Å²) in [6, 6.07) is 16.1. The van der Waals surface area contributed by atoms with E-state index in [-0.39, 0.29) is 11.1 Å². The summed E-state index contributed by atoms with van der Waals surface area (Å²) in [7, 11) is 0. The molecule has 3 aromatic rings. The number of benzene rings is 3. The van der Waals surface area contributed by atoms with E-state index in [0.717, 1.165) is 12.1 Å². The first-order chi connectivity index (χ1) is 14.2. The van der Waals surface area contributed by atoms with Gasteiger partial charge in [0.1, 0.15) is 0 Å². The molecule has 0 fully saturated rings. The number of hydrogen-bond acceptors (Lipinski definition) is 0. The fourth-order valence-corrected chi connectivity index (χ4v) is 2.65. The van der Waals surface area contributed by atoms with Gasteiger partial charge in [-0.1, -0.05) is 60.1 Å². The van der Waals surface area contributed by atoms with Gasteiger partial charge in [-0.25, -0.2) is 0 Å². The van der Waals surface area contributed by atoms with E-state index in [1.807, 2.05) is 0 Å². The van der Waals surface area contributed by atoms with Gasteiger partial charge >= 0.3 is 12.4 Å². The summed E-state index contributed by atoms with van der Waals surface area (Å²) < 4.78 is 78.7. The van der Waals surface area contributed by atoms with Crippen molar-refractivity contribution in [1.29, 1.82) is 0 Å². The third-order valence-corrected chi connectivity index (χ3v) is 4.06. The molecule has 0 unspecified atom stereocenters. The molecular weight excluding hydrogens is 402 g/mol. The lowest BCUT2D eigenvalue weighted by Gasteiger charge is -2.08. The minimum absolute atomic E-state index is 0.199. The average Bonchev–Trinajstić information content (AvgIpc) is 2.70. The molecule has 6 heteroatoms. The molecule has 0 saturated carbocycles. The zero-order valence-electron chi connectivity index (χ0n) is 15.2. The summed E-state index contributed by atoms with van der Waals surface area (Å²) in [5.74, 6) is 10.3. The van der Waals surface area contributed by atoms with Crippen LogP contribution in [0.4, 0.5) is 26.3 Å². The summed E-state index contributed by atoms with van der Waals surface area (Å²) in [4.78, 5) is 0. The Labute approximate surface area is 169 Å². The van der Waals surface area contributed by atoms with Gasteiger partial charge in [-0.3, -0.25) is 0 Å². The second-order valence-electron chi connectivity index (χ2n) is 6.13. The van der Waals surface area contributed by atoms with Crippen LogP contribution in [0.1, 0.15) is 33.4 Å². The maximum absolute atomic E-state index is 13.1. The van der Waals surface area contributed by atoms with Crippen LogP contribution in [-0.4, -0.2) is 0 Å². The van der Waals surface area contributed by atoms with Crippen molar-refractivity contribution >= 4 is 0 Å². The number of hydrogen-bond donors (Lipinski definition) is 0. The Balaban J connectivity index is 2.01. The molecule has 0 saturated heterocycles. The Hall–Kier alpha value is -3.64. The van der Waals surface area contributed by atoms with Crippen LogP contribution in [0.3, 0.4) is 0 Å². The second kappa shape index (κ2) is 8.39. The smallest absolute Gasteiger partial charge is 0.166 e. The lowest BCUT2D eigenvalue weighted by molar-refractivity contribution is -0.138. The van der Waals surface area contributed by atoms with E-state index in [1.54, 1.807) is 24.3 Å². The van der Waals surface area contributed by atoms with E-state index >= 15 is 0 Å². The molecule has 0 N–H and O–H groups in total. The second-order valence-corrected chi connectivity index (χ2v) is 6.13. The highest BCUT2D eigenvalue weighted by Gasteiger charge is 2.33. The van der Waals surface area contributed by atoms with Gasteiger partial charge in [0.25, 0.3) is 0 Å². The molecular formula is C24H12F6. The standard InChI is InChI=1S/C24H12F6/c25-23(26,27)21-11-5-3-9-19(21)15-13-17-7-1-2-8-18(17)14-16-20-10-4-6-12-22(20)24(28,29)30/h1-12H. The van der Waals surface area contributed by atoms with Crippen LogP contribution in [0.15, 0.2) is 72.8 Å². The monoisotopic (exact) mass is 414 g/mol. The minimum Gasteiger partial charge on any atom is -0.166 e. The lowest BCUT2D eigenvalue weighted by atomic mass is 10.0. The molecule has 0 aliphatic rings. The molecule has 0 amide bonds. The molecule has 0 spiro atoms. The fourth-order valence-electron chi connectivity index (χ4n) is 2.65. The summed E-state index contributed by atoms with van der Waals surface area (Å²) in [6.45, 7) is 0. The van der Waals surface area contributed by atoms with Gasteiger partial charge < -0.3 is 0 Å². The van der Waals surface area contributed by atoms with E-state index in [1.165, 1.54) is 36.4 Å². The summed E-state index contributed by atoms with van der Waals surface area (Å²) in [6.07, 6.45) is -9.10. The Morgan fingerprint density at radius 1 is 0.400 bits per heavy atom. The first-order valence-electron chi connectivity index (χ1n) is 8.62. The van der Waals surface area contributed by atoms with E-state index < -0.39 is 23.5 Å². The molecule has 0 bridgehead atoms. The third kappa shape index (κ3) is 5.04. The van der Waals surface area contributed by atoms with Crippen molar-refractivity contribution < 1.29 is 26.3 Å². The Kier molecular flexibility index (Phi) is 5.89. The predicted molar refractivity (Wildman–Crippen MR) is 101 cm³/mol. The minimum atomic E-state index is -4.55. The summed E-state index contributed by atoms with van der Waals surface area (Å²) in [5, 5.41) is 0. The van der Waals surface area contributed by atoms with Crippen LogP contribution in [0.25, 0.3) is 0 Å². The quantitative estimate of drug-likeness (QED) is 0.290. The van der Waals surface area contributed by atoms with Gasteiger partial charge in [0.2, 0.25) is 0 Å². The highest BCUT2D eigenvalue weighted by atomic mass is 19.4. The first kappa shape index (κ1) is 21.1. The zero-order chi connectivity index (χ0) is 21.8. The van der Waals surface area contributed by atoms with Gasteiger partial charge in [-0.05, 0) is 36.4 Å². The van der Waals surface area contributed by atoms with Gasteiger partial charge in [-0.2, -0.15) is 26.3 Å². The van der Waals surface area contributed by atoms with Crippen molar-refractivity contribution in [2.45, 2.75) is 12.4 Å². The third-order valence-electron chi connectivity index (χ3n) is 4.06. The van der Waals surface area contributed by atoms with Crippen molar-refractivity contribution in [3.05, 3.63) is 106 Å². The van der Waals surface area contributed by atoms with Crippen LogP contribution < -0.4 is 0 Å². The zero-order valence-corrected chi connectivity index (χ0v) is 15.2. The van der Waals surface area contributed by atoms with Gasteiger partial charge in [0.15, 0.2) is 0 Å². The van der Waals surface area contributed by atoms with Crippen molar-refractivity contribution in [3.63, 3.8) is 0 Å². The predicted octanol–water partition coefficient (Wildman–Crippen LogP) is 6.52. The molecule has 0 aliphatic carbocycles. The van der Waals surface area contributed by atoms with Crippen LogP contribution in [-0.2, 0) is 12.4 Å². The SMILES string of the molecule is FC(F)(F)c1ccccc1C#Cc1ccccc1C#Cc1ccccc1C(F)(F)F. The topological polar surface area (TPSA) is 0 Å². The van der Waals surface area contributed by atoms with Crippen LogP contribution >= 0.6 is 0 Å². The Morgan fingerprint density at radius 3 is 1.00 bits per heavy atom. The molecule has 0 atom stereocenters. The van der Waals surface area contributed by atoms with Gasteiger partial charge in [0, 0.05) is 22.3 Å². The molecule has 0 heterocycles. The number of halogens is 6. The number of rotatable bonds is 0. The molecule has 0 aliphatic heterocycles. The highest BCUT2D eigenvalue weighted by Crippen LogP contribution is 2.32. The van der Waals surface area contributed by atoms with Crippen molar-refractivity contribution in [1.82, 2.24) is 0 Å². The average molecular weight is 414 g/mol. The maximum atomic E-state index is 13.1. The van der Waals surface area contributed by atoms with Crippen molar-refractivity contribution in [3.8, 4) is 23.7 Å². The van der Waals surface area contributed by atoms with Gasteiger partial charge in [-0.15, -0.1) is 0 Å². The van der Waals surface area contributed by atoms with E-state index in [4.69, 9.17) is 0 Å². The van der Waals surface area contributed by atoms with E-state index in [2.05, 4.69) is 23.7 Å². The van der Waals surface area contributed by atoms with Crippen molar-refractivity contribution in [2.24, 2.45) is 0 Å². The number of alkyl halides is 6. The normalized spacial score (nSPS) is 11.1. The van der Waals surface area contributed by atoms with E-state index in [0.29, 0.717) is 11.1 Å². The first-order valence-corrected chi connectivity index (χ1v) is 8.62. The van der Waals surface area contributed by atoms with Crippen LogP contribution in [0, 0.1) is 23.7 Å². The van der Waals surface area contributed by atoms with Crippen LogP contribution in [0.5, 0.6) is 0 Å². The molecule has 3 aromatic carbocycles. The Morgan fingerprint density at radius 2 is 0.667 bits per heavy atom. The van der Waals surface area contributed by atoms with Crippen LogP contribution in [0.2, 0.25) is 0 Å². The van der Waals surface area contributed by atoms with E-state index in [9.17, 15) is 26.3 Å². The van der Waals surface area contributed by atoms with Gasteiger partial charge in [0.05, 0.1) is 11.1 Å². The Bertz CT molecular complexity index is 1080. The summed E-state index contributed by atoms with van der Waals surface area (Å²) in [5.41, 5.74) is -1.50. The maximum Gasteiger partial charge on any atom is 0.417 e. The largest absolute Gasteiger partial charge is 0.417 e. The molecule has 150 valence electrons. The highest BCUT2D eigenvalue weighted by molar-refractivity contribution is 5.56. The molecule has 0 radical (unpaired) electrons. The summed E-state index contributed by atoms with van der Waals surface area (Å²) >= 11 is 0. The molecule has 0 nitrogen and oxygen atoms in total. The molecule has 30 heavy (non-hydrogen) atoms. The fraction of sp³-hybridized carbons (Fsp3) is 0.0833. The van der Waals surface area contributed by atoms with Crippen molar-refractivity contribution in [2.75, 3.05) is 0 Å². The lowest BCUT2D eigenvalue weighted by Crippen LogP contribution is -2.07.